The first-order valence-corrected chi connectivity index (χ1v) is 4.87. The van der Waals surface area contributed by atoms with Crippen LogP contribution in [-0.4, -0.2) is 25.0 Å². The summed E-state index contributed by atoms with van der Waals surface area (Å²) in [5.41, 5.74) is 0. The van der Waals surface area contributed by atoms with Crippen LogP contribution in [0.5, 0.6) is 0 Å². The van der Waals surface area contributed by atoms with Crippen LogP contribution in [0.1, 0.15) is 25.7 Å². The molecule has 0 bridgehead atoms. The SMILES string of the molecule is Cl.O=C(NC1CCCNC1)C1CC1. The fraction of sp³-hybridized carbons (Fsp3) is 0.889. The summed E-state index contributed by atoms with van der Waals surface area (Å²) in [7, 11) is 0. The van der Waals surface area contributed by atoms with E-state index in [0.717, 1.165) is 32.4 Å². The van der Waals surface area contributed by atoms with Gasteiger partial charge in [0.15, 0.2) is 0 Å². The minimum Gasteiger partial charge on any atom is -0.352 e. The molecule has 0 aromatic rings. The van der Waals surface area contributed by atoms with Crippen molar-refractivity contribution in [1.29, 1.82) is 0 Å². The van der Waals surface area contributed by atoms with Gasteiger partial charge in [-0.05, 0) is 32.2 Å². The Morgan fingerprint density at radius 2 is 2.08 bits per heavy atom. The quantitative estimate of drug-likeness (QED) is 0.695. The maximum Gasteiger partial charge on any atom is 0.223 e. The maximum atomic E-state index is 11.3. The molecule has 1 atom stereocenters. The molecule has 0 aromatic heterocycles. The summed E-state index contributed by atoms with van der Waals surface area (Å²) in [6.07, 6.45) is 4.54. The highest BCUT2D eigenvalue weighted by Gasteiger charge is 2.30. The molecule has 1 heterocycles. The topological polar surface area (TPSA) is 41.1 Å². The number of hydrogen-bond acceptors (Lipinski definition) is 2. The molecular weight excluding hydrogens is 188 g/mol. The second-order valence-electron chi connectivity index (χ2n) is 3.83. The molecule has 0 aromatic carbocycles. The van der Waals surface area contributed by atoms with E-state index in [1.54, 1.807) is 0 Å². The third-order valence-electron chi connectivity index (χ3n) is 2.59. The molecule has 76 valence electrons. The average Bonchev–Trinajstić information content (AvgIpc) is 2.88. The van der Waals surface area contributed by atoms with Gasteiger partial charge in [0.1, 0.15) is 0 Å². The smallest absolute Gasteiger partial charge is 0.223 e. The van der Waals surface area contributed by atoms with Crippen molar-refractivity contribution < 1.29 is 4.79 Å². The van der Waals surface area contributed by atoms with Crippen molar-refractivity contribution in [1.82, 2.24) is 10.6 Å². The Kier molecular flexibility index (Phi) is 4.00. The predicted molar refractivity (Wildman–Crippen MR) is 54.0 cm³/mol. The van der Waals surface area contributed by atoms with Crippen LogP contribution in [0.3, 0.4) is 0 Å². The molecule has 1 amide bonds. The molecule has 13 heavy (non-hydrogen) atoms. The number of nitrogens with one attached hydrogen (secondary N) is 2. The van der Waals surface area contributed by atoms with E-state index in [4.69, 9.17) is 0 Å². The van der Waals surface area contributed by atoms with Crippen LogP contribution in [0.2, 0.25) is 0 Å². The number of carbonyl (C=O) groups is 1. The Balaban J connectivity index is 0.000000845. The summed E-state index contributed by atoms with van der Waals surface area (Å²) in [6.45, 7) is 2.06. The fourth-order valence-corrected chi connectivity index (χ4v) is 1.64. The zero-order chi connectivity index (χ0) is 8.39. The van der Waals surface area contributed by atoms with Gasteiger partial charge in [-0.15, -0.1) is 12.4 Å². The Bertz CT molecular complexity index is 176. The minimum atomic E-state index is 0. The number of halogens is 1. The molecule has 1 saturated carbocycles. The summed E-state index contributed by atoms with van der Waals surface area (Å²) in [5.74, 6) is 0.635. The van der Waals surface area contributed by atoms with Gasteiger partial charge in [-0.2, -0.15) is 0 Å². The normalized spacial score (nSPS) is 27.5. The van der Waals surface area contributed by atoms with Crippen molar-refractivity contribution in [3.05, 3.63) is 0 Å². The van der Waals surface area contributed by atoms with Gasteiger partial charge in [0.25, 0.3) is 0 Å². The van der Waals surface area contributed by atoms with Gasteiger partial charge in [-0.1, -0.05) is 0 Å². The second-order valence-corrected chi connectivity index (χ2v) is 3.83. The highest BCUT2D eigenvalue weighted by Crippen LogP contribution is 2.29. The predicted octanol–water partition coefficient (Wildman–Crippen LogP) is 0.686. The summed E-state index contributed by atoms with van der Waals surface area (Å²) in [5, 5.41) is 6.36. The highest BCUT2D eigenvalue weighted by atomic mass is 35.5. The maximum absolute atomic E-state index is 11.3. The molecule has 1 unspecified atom stereocenters. The molecule has 4 heteroatoms. The summed E-state index contributed by atoms with van der Waals surface area (Å²) in [6, 6.07) is 0.395. The van der Waals surface area contributed by atoms with E-state index in [1.807, 2.05) is 0 Å². The monoisotopic (exact) mass is 204 g/mol. The first-order valence-electron chi connectivity index (χ1n) is 4.87. The molecule has 0 spiro atoms. The molecule has 2 N–H and O–H groups in total. The Hall–Kier alpha value is -0.280. The van der Waals surface area contributed by atoms with Gasteiger partial charge in [0.05, 0.1) is 0 Å². The van der Waals surface area contributed by atoms with E-state index >= 15 is 0 Å². The highest BCUT2D eigenvalue weighted by molar-refractivity contribution is 5.85. The molecule has 2 rings (SSSR count). The largest absolute Gasteiger partial charge is 0.352 e. The van der Waals surface area contributed by atoms with Gasteiger partial charge in [-0.3, -0.25) is 4.79 Å². The molecule has 2 aliphatic rings. The van der Waals surface area contributed by atoms with E-state index in [0.29, 0.717) is 12.0 Å². The number of amides is 1. The van der Waals surface area contributed by atoms with Crippen molar-refractivity contribution >= 4 is 18.3 Å². The van der Waals surface area contributed by atoms with Crippen LogP contribution in [-0.2, 0) is 4.79 Å². The zero-order valence-corrected chi connectivity index (χ0v) is 8.53. The lowest BCUT2D eigenvalue weighted by Gasteiger charge is -2.23. The van der Waals surface area contributed by atoms with E-state index < -0.39 is 0 Å². The minimum absolute atomic E-state index is 0. The van der Waals surface area contributed by atoms with Crippen molar-refractivity contribution in [2.45, 2.75) is 31.7 Å². The van der Waals surface area contributed by atoms with Crippen LogP contribution in [0, 0.1) is 5.92 Å². The number of rotatable bonds is 2. The van der Waals surface area contributed by atoms with Crippen molar-refractivity contribution in [2.24, 2.45) is 5.92 Å². The Labute approximate surface area is 85.1 Å². The third kappa shape index (κ3) is 3.16. The van der Waals surface area contributed by atoms with Crippen molar-refractivity contribution in [2.75, 3.05) is 13.1 Å². The third-order valence-corrected chi connectivity index (χ3v) is 2.59. The average molecular weight is 205 g/mol. The molecule has 1 saturated heterocycles. The molecule has 3 nitrogen and oxygen atoms in total. The summed E-state index contributed by atoms with van der Waals surface area (Å²) >= 11 is 0. The van der Waals surface area contributed by atoms with E-state index in [2.05, 4.69) is 10.6 Å². The number of piperidine rings is 1. The number of hydrogen-bond donors (Lipinski definition) is 2. The van der Waals surface area contributed by atoms with Gasteiger partial charge >= 0.3 is 0 Å². The van der Waals surface area contributed by atoms with Crippen LogP contribution in [0.15, 0.2) is 0 Å². The zero-order valence-electron chi connectivity index (χ0n) is 7.71. The number of carbonyl (C=O) groups excluding carboxylic acids is 1. The lowest BCUT2D eigenvalue weighted by Crippen LogP contribution is -2.46. The van der Waals surface area contributed by atoms with Gasteiger partial charge in [0, 0.05) is 18.5 Å². The van der Waals surface area contributed by atoms with Gasteiger partial charge < -0.3 is 10.6 Å². The first-order chi connectivity index (χ1) is 5.86. The molecule has 2 fully saturated rings. The fourth-order valence-electron chi connectivity index (χ4n) is 1.64. The Morgan fingerprint density at radius 1 is 1.31 bits per heavy atom. The van der Waals surface area contributed by atoms with E-state index in [-0.39, 0.29) is 18.3 Å². The van der Waals surface area contributed by atoms with Gasteiger partial charge in [-0.25, -0.2) is 0 Å². The van der Waals surface area contributed by atoms with Crippen LogP contribution in [0.4, 0.5) is 0 Å². The van der Waals surface area contributed by atoms with Crippen LogP contribution >= 0.6 is 12.4 Å². The molecular formula is C9H17ClN2O. The first kappa shape index (κ1) is 10.8. The van der Waals surface area contributed by atoms with Gasteiger partial charge in [0.2, 0.25) is 5.91 Å². The Morgan fingerprint density at radius 3 is 2.62 bits per heavy atom. The van der Waals surface area contributed by atoms with E-state index in [9.17, 15) is 4.79 Å². The molecule has 0 radical (unpaired) electrons. The van der Waals surface area contributed by atoms with Crippen LogP contribution < -0.4 is 10.6 Å². The second kappa shape index (κ2) is 4.82. The summed E-state index contributed by atoms with van der Waals surface area (Å²) in [4.78, 5) is 11.3. The standard InChI is InChI=1S/C9H16N2O.ClH/c12-9(7-3-4-7)11-8-2-1-5-10-6-8;/h7-8,10H,1-6H2,(H,11,12);1H. The molecule has 1 aliphatic carbocycles. The van der Waals surface area contributed by atoms with Crippen LogP contribution in [0.25, 0.3) is 0 Å². The summed E-state index contributed by atoms with van der Waals surface area (Å²) < 4.78 is 0. The van der Waals surface area contributed by atoms with Crippen molar-refractivity contribution in [3.8, 4) is 0 Å². The molecule has 1 aliphatic heterocycles. The van der Waals surface area contributed by atoms with Crippen molar-refractivity contribution in [3.63, 3.8) is 0 Å². The lowest BCUT2D eigenvalue weighted by molar-refractivity contribution is -0.123. The van der Waals surface area contributed by atoms with E-state index in [1.165, 1.54) is 6.42 Å². The lowest BCUT2D eigenvalue weighted by atomic mass is 10.1.